The van der Waals surface area contributed by atoms with Crippen molar-refractivity contribution >= 4 is 18.4 Å². The molecule has 2 aromatic carbocycles. The normalized spacial score (nSPS) is 11.1. The van der Waals surface area contributed by atoms with Gasteiger partial charge in [-0.15, -0.1) is 0 Å². The minimum absolute atomic E-state index is 0.172. The molecule has 0 bridgehead atoms. The van der Waals surface area contributed by atoms with Crippen LogP contribution in [0.3, 0.4) is 0 Å². The molecule has 5 nitrogen and oxygen atoms in total. The van der Waals surface area contributed by atoms with E-state index in [9.17, 15) is 5.11 Å². The zero-order valence-electron chi connectivity index (χ0n) is 11.9. The maximum atomic E-state index is 9.87. The van der Waals surface area contributed by atoms with E-state index in [4.69, 9.17) is 12.2 Å². The molecule has 0 fully saturated rings. The summed E-state index contributed by atoms with van der Waals surface area (Å²) in [4.78, 5) is 0. The van der Waals surface area contributed by atoms with Crippen LogP contribution >= 0.6 is 12.2 Å². The molecule has 0 spiro atoms. The van der Waals surface area contributed by atoms with Gasteiger partial charge >= 0.3 is 0 Å². The molecule has 0 aliphatic carbocycles. The number of H-pyrrole nitrogens is 1. The topological polar surface area (TPSA) is 66.2 Å². The van der Waals surface area contributed by atoms with E-state index in [1.165, 1.54) is 4.68 Å². The standard InChI is InChI=1S/C16H14N4OS/c1-11-7-8-14(21)13(9-11)10-17-20-15(18-19-16(20)22)12-5-3-2-4-6-12/h2-10,21H,1H3,(H,19,22)/b17-10-. The van der Waals surface area contributed by atoms with Gasteiger partial charge in [0.1, 0.15) is 5.75 Å². The molecule has 0 aliphatic heterocycles. The molecule has 0 saturated heterocycles. The maximum absolute atomic E-state index is 9.87. The van der Waals surface area contributed by atoms with Gasteiger partial charge in [-0.3, -0.25) is 0 Å². The Morgan fingerprint density at radius 3 is 2.77 bits per heavy atom. The zero-order chi connectivity index (χ0) is 15.5. The summed E-state index contributed by atoms with van der Waals surface area (Å²) < 4.78 is 1.93. The first-order chi connectivity index (χ1) is 10.6. The van der Waals surface area contributed by atoms with Gasteiger partial charge in [-0.05, 0) is 31.3 Å². The summed E-state index contributed by atoms with van der Waals surface area (Å²) in [6, 6.07) is 15.0. The minimum atomic E-state index is 0.172. The Labute approximate surface area is 132 Å². The predicted molar refractivity (Wildman–Crippen MR) is 88.7 cm³/mol. The van der Waals surface area contributed by atoms with Crippen LogP contribution in [-0.4, -0.2) is 26.2 Å². The van der Waals surface area contributed by atoms with E-state index in [2.05, 4.69) is 15.3 Å². The highest BCUT2D eigenvalue weighted by Gasteiger charge is 2.07. The Morgan fingerprint density at radius 1 is 1.23 bits per heavy atom. The van der Waals surface area contributed by atoms with Crippen LogP contribution in [0.4, 0.5) is 0 Å². The van der Waals surface area contributed by atoms with Crippen molar-refractivity contribution in [2.45, 2.75) is 6.92 Å². The predicted octanol–water partition coefficient (Wildman–Crippen LogP) is 3.50. The van der Waals surface area contributed by atoms with E-state index in [0.717, 1.165) is 11.1 Å². The molecule has 22 heavy (non-hydrogen) atoms. The Kier molecular flexibility index (Phi) is 3.84. The number of aromatic amines is 1. The number of phenols is 1. The largest absolute Gasteiger partial charge is 0.507 e. The van der Waals surface area contributed by atoms with Crippen LogP contribution in [-0.2, 0) is 0 Å². The molecule has 3 aromatic rings. The van der Waals surface area contributed by atoms with Gasteiger partial charge in [0.05, 0.1) is 6.21 Å². The van der Waals surface area contributed by atoms with E-state index in [1.807, 2.05) is 49.4 Å². The fraction of sp³-hybridized carbons (Fsp3) is 0.0625. The van der Waals surface area contributed by atoms with Crippen molar-refractivity contribution in [3.05, 3.63) is 64.4 Å². The lowest BCUT2D eigenvalue weighted by Crippen LogP contribution is -1.95. The number of hydrogen-bond acceptors (Lipinski definition) is 4. The highest BCUT2D eigenvalue weighted by molar-refractivity contribution is 7.71. The molecule has 6 heteroatoms. The molecule has 2 N–H and O–H groups in total. The van der Waals surface area contributed by atoms with Crippen LogP contribution in [0.1, 0.15) is 11.1 Å². The molecule has 3 rings (SSSR count). The smallest absolute Gasteiger partial charge is 0.216 e. The number of rotatable bonds is 3. The second-order valence-corrected chi connectivity index (χ2v) is 5.22. The van der Waals surface area contributed by atoms with Gasteiger partial charge in [-0.25, -0.2) is 5.10 Å². The summed E-state index contributed by atoms with van der Waals surface area (Å²) in [5, 5.41) is 21.2. The Hall–Kier alpha value is -2.73. The number of benzene rings is 2. The quantitative estimate of drug-likeness (QED) is 0.575. The van der Waals surface area contributed by atoms with Gasteiger partial charge < -0.3 is 5.11 Å². The van der Waals surface area contributed by atoms with E-state index in [1.54, 1.807) is 12.3 Å². The summed E-state index contributed by atoms with van der Waals surface area (Å²) in [6.07, 6.45) is 1.57. The zero-order valence-corrected chi connectivity index (χ0v) is 12.7. The first kappa shape index (κ1) is 14.2. The average molecular weight is 310 g/mol. The first-order valence-electron chi connectivity index (χ1n) is 6.72. The van der Waals surface area contributed by atoms with Crippen molar-refractivity contribution in [1.29, 1.82) is 0 Å². The van der Waals surface area contributed by atoms with Crippen LogP contribution < -0.4 is 0 Å². The molecule has 0 amide bonds. The van der Waals surface area contributed by atoms with Crippen molar-refractivity contribution in [3.63, 3.8) is 0 Å². The van der Waals surface area contributed by atoms with E-state index in [0.29, 0.717) is 16.2 Å². The van der Waals surface area contributed by atoms with Crippen molar-refractivity contribution in [2.75, 3.05) is 0 Å². The molecular formula is C16H14N4OS. The van der Waals surface area contributed by atoms with Crippen molar-refractivity contribution in [1.82, 2.24) is 14.9 Å². The third-order valence-electron chi connectivity index (χ3n) is 3.18. The van der Waals surface area contributed by atoms with Crippen molar-refractivity contribution < 1.29 is 5.11 Å². The fourth-order valence-corrected chi connectivity index (χ4v) is 2.25. The SMILES string of the molecule is Cc1ccc(O)c(/C=N\n2c(-c3ccccc3)n[nH]c2=S)c1. The molecule has 0 radical (unpaired) electrons. The highest BCUT2D eigenvalue weighted by Crippen LogP contribution is 2.18. The molecule has 0 aliphatic rings. The lowest BCUT2D eigenvalue weighted by atomic mass is 10.1. The van der Waals surface area contributed by atoms with Gasteiger partial charge in [-0.2, -0.15) is 14.9 Å². The van der Waals surface area contributed by atoms with Gasteiger partial charge in [-0.1, -0.05) is 42.0 Å². The summed E-state index contributed by atoms with van der Waals surface area (Å²) in [5.74, 6) is 0.791. The van der Waals surface area contributed by atoms with Crippen LogP contribution in [0, 0.1) is 11.7 Å². The van der Waals surface area contributed by atoms with Crippen LogP contribution in [0.25, 0.3) is 11.4 Å². The maximum Gasteiger partial charge on any atom is 0.216 e. The van der Waals surface area contributed by atoms with Crippen molar-refractivity contribution in [2.24, 2.45) is 5.10 Å². The number of hydrogen-bond donors (Lipinski definition) is 2. The molecule has 110 valence electrons. The number of aryl methyl sites for hydroxylation is 1. The highest BCUT2D eigenvalue weighted by atomic mass is 32.1. The summed E-state index contributed by atoms with van der Waals surface area (Å²) >= 11 is 5.22. The van der Waals surface area contributed by atoms with E-state index >= 15 is 0 Å². The molecular weight excluding hydrogens is 296 g/mol. The fourth-order valence-electron chi connectivity index (χ4n) is 2.07. The first-order valence-corrected chi connectivity index (χ1v) is 7.13. The number of aromatic nitrogens is 3. The van der Waals surface area contributed by atoms with Gasteiger partial charge in [0.15, 0.2) is 5.82 Å². The lowest BCUT2D eigenvalue weighted by Gasteiger charge is -2.02. The summed E-state index contributed by atoms with van der Waals surface area (Å²) in [5.41, 5.74) is 2.57. The third kappa shape index (κ3) is 2.82. The average Bonchev–Trinajstić information content (AvgIpc) is 2.90. The molecule has 0 atom stereocenters. The van der Waals surface area contributed by atoms with Crippen LogP contribution in [0.2, 0.25) is 0 Å². The summed E-state index contributed by atoms with van der Waals surface area (Å²) in [7, 11) is 0. The molecule has 0 saturated carbocycles. The van der Waals surface area contributed by atoms with Gasteiger partial charge in [0.2, 0.25) is 4.77 Å². The van der Waals surface area contributed by atoms with Crippen LogP contribution in [0.15, 0.2) is 53.6 Å². The lowest BCUT2D eigenvalue weighted by molar-refractivity contribution is 0.474. The van der Waals surface area contributed by atoms with E-state index < -0.39 is 0 Å². The Bertz CT molecular complexity index is 881. The monoisotopic (exact) mass is 310 g/mol. The van der Waals surface area contributed by atoms with Crippen molar-refractivity contribution in [3.8, 4) is 17.1 Å². The molecule has 1 aromatic heterocycles. The number of phenolic OH excluding ortho intramolecular Hbond substituents is 1. The molecule has 1 heterocycles. The Morgan fingerprint density at radius 2 is 2.00 bits per heavy atom. The van der Waals surface area contributed by atoms with Gasteiger partial charge in [0, 0.05) is 11.1 Å². The van der Waals surface area contributed by atoms with Gasteiger partial charge in [0.25, 0.3) is 0 Å². The second kappa shape index (κ2) is 5.95. The third-order valence-corrected chi connectivity index (χ3v) is 3.44. The van der Waals surface area contributed by atoms with E-state index in [-0.39, 0.29) is 5.75 Å². The minimum Gasteiger partial charge on any atom is -0.507 e. The molecule has 0 unspecified atom stereocenters. The second-order valence-electron chi connectivity index (χ2n) is 4.84. The number of nitrogens with one attached hydrogen (secondary N) is 1. The number of aromatic hydroxyl groups is 1. The Balaban J connectivity index is 2.03. The summed E-state index contributed by atoms with van der Waals surface area (Å²) in [6.45, 7) is 1.95. The number of nitrogens with zero attached hydrogens (tertiary/aromatic N) is 3. The van der Waals surface area contributed by atoms with Crippen LogP contribution in [0.5, 0.6) is 5.75 Å².